The number of halogens is 1. The molecule has 0 N–H and O–H groups in total. The lowest BCUT2D eigenvalue weighted by Gasteiger charge is -2.39. The van der Waals surface area contributed by atoms with Crippen LogP contribution in [0.1, 0.15) is 57.8 Å². The molecule has 4 rings (SSSR count). The highest BCUT2D eigenvalue weighted by atomic mass is 35.5. The number of hydrogen-bond acceptors (Lipinski definition) is 8. The minimum absolute atomic E-state index is 0.0769. The van der Waals surface area contributed by atoms with Gasteiger partial charge < -0.3 is 4.74 Å². The summed E-state index contributed by atoms with van der Waals surface area (Å²) in [4.78, 5) is 64.0. The van der Waals surface area contributed by atoms with Gasteiger partial charge in [0.15, 0.2) is 15.6 Å². The lowest BCUT2D eigenvalue weighted by molar-refractivity contribution is -0.169. The summed E-state index contributed by atoms with van der Waals surface area (Å²) in [6.45, 7) is 0. The van der Waals surface area contributed by atoms with Crippen molar-refractivity contribution in [3.63, 3.8) is 0 Å². The number of ketones is 3. The number of hydrogen-bond donors (Lipinski definition) is 0. The molecule has 176 valence electrons. The number of sulfone groups is 1. The standard InChI is InChI=1S/C22H27ClO8S/c1-32(29,30)11-17(26)22-10-13(24)2-3-14(22)16(25)8-15(22)19(27)31-20(28)18(23)21-6-4-12(9-21)5-7-21/h12,14-15,18H,2-11H2,1H3. The highest BCUT2D eigenvalue weighted by Crippen LogP contribution is 2.58. The summed E-state index contributed by atoms with van der Waals surface area (Å²) < 4.78 is 28.8. The molecule has 4 unspecified atom stereocenters. The Balaban J connectivity index is 1.59. The number of esters is 2. The van der Waals surface area contributed by atoms with E-state index < -0.39 is 67.8 Å². The average molecular weight is 487 g/mol. The Morgan fingerprint density at radius 2 is 1.81 bits per heavy atom. The maximum atomic E-state index is 13.2. The van der Waals surface area contributed by atoms with Gasteiger partial charge in [-0.2, -0.15) is 0 Å². The lowest BCUT2D eigenvalue weighted by atomic mass is 9.61. The molecule has 10 heteroatoms. The zero-order valence-corrected chi connectivity index (χ0v) is 19.5. The van der Waals surface area contributed by atoms with Crippen LogP contribution in [-0.2, 0) is 38.5 Å². The third-order valence-electron chi connectivity index (χ3n) is 8.18. The van der Waals surface area contributed by atoms with Crippen LogP contribution in [0.4, 0.5) is 0 Å². The van der Waals surface area contributed by atoms with Crippen LogP contribution in [0.5, 0.6) is 0 Å². The van der Waals surface area contributed by atoms with Crippen molar-refractivity contribution in [2.45, 2.75) is 63.2 Å². The van der Waals surface area contributed by atoms with Gasteiger partial charge in [-0.25, -0.2) is 13.2 Å². The van der Waals surface area contributed by atoms with Gasteiger partial charge in [0.2, 0.25) is 0 Å². The van der Waals surface area contributed by atoms with E-state index in [1.807, 2.05) is 0 Å². The van der Waals surface area contributed by atoms with Gasteiger partial charge in [0.1, 0.15) is 22.7 Å². The summed E-state index contributed by atoms with van der Waals surface area (Å²) in [5.41, 5.74) is -2.18. The van der Waals surface area contributed by atoms with Crippen molar-refractivity contribution in [3.8, 4) is 0 Å². The fraction of sp³-hybridized carbons (Fsp3) is 0.773. The maximum absolute atomic E-state index is 13.2. The van der Waals surface area contributed by atoms with Gasteiger partial charge >= 0.3 is 11.9 Å². The Kier molecular flexibility index (Phi) is 5.89. The first-order chi connectivity index (χ1) is 14.9. The molecular formula is C22H27ClO8S. The fourth-order valence-electron chi connectivity index (χ4n) is 6.66. The van der Waals surface area contributed by atoms with E-state index in [1.54, 1.807) is 0 Å². The molecule has 0 aromatic rings. The zero-order valence-electron chi connectivity index (χ0n) is 17.9. The van der Waals surface area contributed by atoms with Gasteiger partial charge in [-0.3, -0.25) is 19.2 Å². The molecule has 0 aliphatic heterocycles. The van der Waals surface area contributed by atoms with Crippen molar-refractivity contribution in [2.75, 3.05) is 12.0 Å². The van der Waals surface area contributed by atoms with Crippen LogP contribution in [0, 0.1) is 28.6 Å². The summed E-state index contributed by atoms with van der Waals surface area (Å²) in [5.74, 6) is -6.18. The Hall–Kier alpha value is -1.61. The first kappa shape index (κ1) is 23.5. The molecule has 4 atom stereocenters. The molecule has 0 amide bonds. The number of carbonyl (C=O) groups excluding carboxylic acids is 5. The summed E-state index contributed by atoms with van der Waals surface area (Å²) in [7, 11) is -3.77. The Bertz CT molecular complexity index is 993. The van der Waals surface area contributed by atoms with Crippen molar-refractivity contribution in [1.82, 2.24) is 0 Å². The van der Waals surface area contributed by atoms with Gasteiger partial charge in [0.05, 0.1) is 11.3 Å². The first-order valence-corrected chi connectivity index (χ1v) is 13.5. The van der Waals surface area contributed by atoms with E-state index in [0.29, 0.717) is 5.92 Å². The molecule has 4 fully saturated rings. The van der Waals surface area contributed by atoms with Gasteiger partial charge in [-0.1, -0.05) is 0 Å². The van der Waals surface area contributed by atoms with Crippen LogP contribution in [0.2, 0.25) is 0 Å². The topological polar surface area (TPSA) is 129 Å². The maximum Gasteiger partial charge on any atom is 0.332 e. The van der Waals surface area contributed by atoms with Crippen molar-refractivity contribution < 1.29 is 37.1 Å². The molecule has 0 saturated heterocycles. The second-order valence-corrected chi connectivity index (χ2v) is 12.8. The van der Waals surface area contributed by atoms with Gasteiger partial charge in [0.25, 0.3) is 0 Å². The number of Topliss-reactive ketones (excluding diaryl/α,β-unsaturated/α-hetero) is 3. The van der Waals surface area contributed by atoms with Crippen LogP contribution in [0.3, 0.4) is 0 Å². The van der Waals surface area contributed by atoms with Crippen molar-refractivity contribution in [2.24, 2.45) is 28.6 Å². The van der Waals surface area contributed by atoms with Gasteiger partial charge in [0, 0.05) is 31.4 Å². The zero-order chi connectivity index (χ0) is 23.5. The molecule has 2 bridgehead atoms. The van der Waals surface area contributed by atoms with Crippen LogP contribution in [0.25, 0.3) is 0 Å². The smallest absolute Gasteiger partial charge is 0.332 e. The van der Waals surface area contributed by atoms with E-state index >= 15 is 0 Å². The van der Waals surface area contributed by atoms with E-state index in [4.69, 9.17) is 16.3 Å². The van der Waals surface area contributed by atoms with E-state index in [1.165, 1.54) is 0 Å². The second kappa shape index (κ2) is 8.01. The number of alkyl halides is 1. The molecule has 8 nitrogen and oxygen atoms in total. The van der Waals surface area contributed by atoms with Crippen LogP contribution < -0.4 is 0 Å². The van der Waals surface area contributed by atoms with Crippen molar-refractivity contribution >= 4 is 50.7 Å². The molecule has 4 aliphatic rings. The normalized spacial score (nSPS) is 37.2. The van der Waals surface area contributed by atoms with Crippen molar-refractivity contribution in [1.29, 1.82) is 0 Å². The molecule has 0 heterocycles. The van der Waals surface area contributed by atoms with Crippen molar-refractivity contribution in [3.05, 3.63) is 0 Å². The molecule has 0 aromatic carbocycles. The predicted molar refractivity (Wildman–Crippen MR) is 112 cm³/mol. The average Bonchev–Trinajstić information content (AvgIpc) is 3.39. The van der Waals surface area contributed by atoms with E-state index in [0.717, 1.165) is 38.4 Å². The van der Waals surface area contributed by atoms with Gasteiger partial charge in [-0.05, 0) is 49.9 Å². The van der Waals surface area contributed by atoms with Crippen LogP contribution in [-0.4, -0.2) is 55.1 Å². The molecule has 0 radical (unpaired) electrons. The molecule has 32 heavy (non-hydrogen) atoms. The number of carbonyl (C=O) groups is 5. The number of ether oxygens (including phenoxy) is 1. The third-order valence-corrected chi connectivity index (χ3v) is 9.61. The highest BCUT2D eigenvalue weighted by Gasteiger charge is 2.64. The first-order valence-electron chi connectivity index (χ1n) is 11.0. The molecule has 0 aromatic heterocycles. The molecule has 4 aliphatic carbocycles. The van der Waals surface area contributed by atoms with Crippen LogP contribution in [0.15, 0.2) is 0 Å². The second-order valence-electron chi connectivity index (χ2n) is 10.2. The Morgan fingerprint density at radius 3 is 2.38 bits per heavy atom. The summed E-state index contributed by atoms with van der Waals surface area (Å²) in [5, 5.41) is -1.01. The summed E-state index contributed by atoms with van der Waals surface area (Å²) >= 11 is 6.45. The number of fused-ring (bicyclic) bond motifs is 3. The van der Waals surface area contributed by atoms with Crippen LogP contribution >= 0.6 is 11.6 Å². The van der Waals surface area contributed by atoms with E-state index in [2.05, 4.69) is 0 Å². The Morgan fingerprint density at radius 1 is 1.16 bits per heavy atom. The third kappa shape index (κ3) is 3.85. The van der Waals surface area contributed by atoms with Gasteiger partial charge in [-0.15, -0.1) is 11.6 Å². The Labute approximate surface area is 191 Å². The SMILES string of the molecule is CS(=O)(=O)CC(=O)C12CC(=O)CCC1C(=O)CC2C(=O)OC(=O)C(Cl)C12CCC(CC1)C2. The number of rotatable bonds is 6. The monoisotopic (exact) mass is 486 g/mol. The molecular weight excluding hydrogens is 460 g/mol. The summed E-state index contributed by atoms with van der Waals surface area (Å²) in [6.07, 6.45) is 4.60. The van der Waals surface area contributed by atoms with E-state index in [-0.39, 0.29) is 30.8 Å². The largest absolute Gasteiger partial charge is 0.392 e. The van der Waals surface area contributed by atoms with E-state index in [9.17, 15) is 32.4 Å². The highest BCUT2D eigenvalue weighted by molar-refractivity contribution is 7.91. The summed E-state index contributed by atoms with van der Waals surface area (Å²) in [6, 6.07) is 0. The molecule has 0 spiro atoms. The fourth-order valence-corrected chi connectivity index (χ4v) is 7.76. The predicted octanol–water partition coefficient (Wildman–Crippen LogP) is 1.80. The minimum atomic E-state index is -3.77. The quantitative estimate of drug-likeness (QED) is 0.315. The molecule has 4 saturated carbocycles. The lowest BCUT2D eigenvalue weighted by Crippen LogP contribution is -2.51. The minimum Gasteiger partial charge on any atom is -0.392 e.